The number of nitrogens with zero attached hydrogens (tertiary/aromatic N) is 2. The number of likely N-dealkylation sites (tertiary alicyclic amines) is 1. The van der Waals surface area contributed by atoms with Crippen molar-refractivity contribution < 1.29 is 4.79 Å². The number of nitrogens with one attached hydrogen (secondary N) is 2. The van der Waals surface area contributed by atoms with Crippen molar-refractivity contribution in [1.29, 1.82) is 0 Å². The Morgan fingerprint density at radius 1 is 0.964 bits per heavy atom. The monoisotopic (exact) mass is 376 g/mol. The summed E-state index contributed by atoms with van der Waals surface area (Å²) in [5.74, 6) is -0.301. The maximum absolute atomic E-state index is 12.6. The summed E-state index contributed by atoms with van der Waals surface area (Å²) in [6.45, 7) is 3.76. The first-order valence-corrected chi connectivity index (χ1v) is 9.76. The van der Waals surface area contributed by atoms with E-state index in [2.05, 4.69) is 44.7 Å². The van der Waals surface area contributed by atoms with E-state index < -0.39 is 0 Å². The number of hydrogen-bond acceptors (Lipinski definition) is 4. The van der Waals surface area contributed by atoms with Crippen molar-refractivity contribution in [1.82, 2.24) is 20.4 Å². The van der Waals surface area contributed by atoms with Crippen molar-refractivity contribution >= 4 is 16.7 Å². The lowest BCUT2D eigenvalue weighted by Crippen LogP contribution is -2.29. The lowest BCUT2D eigenvalue weighted by molar-refractivity contribution is 0.0946. The molecule has 1 aliphatic heterocycles. The van der Waals surface area contributed by atoms with Gasteiger partial charge in [-0.2, -0.15) is 5.10 Å². The number of carbonyl (C=O) groups excluding carboxylic acids is 1. The van der Waals surface area contributed by atoms with E-state index in [-0.39, 0.29) is 17.2 Å². The highest BCUT2D eigenvalue weighted by molar-refractivity contribution is 6.04. The molecule has 0 saturated carbocycles. The van der Waals surface area contributed by atoms with Crippen LogP contribution in [0.3, 0.4) is 0 Å². The minimum atomic E-state index is -0.301. The summed E-state index contributed by atoms with van der Waals surface area (Å²) in [6.07, 6.45) is 3.92. The number of rotatable bonds is 5. The van der Waals surface area contributed by atoms with Gasteiger partial charge in [0.1, 0.15) is 0 Å². The molecule has 1 aliphatic rings. The van der Waals surface area contributed by atoms with Gasteiger partial charge in [-0.1, -0.05) is 48.9 Å². The van der Waals surface area contributed by atoms with E-state index in [1.165, 1.54) is 37.9 Å². The molecule has 144 valence electrons. The first-order chi connectivity index (χ1) is 13.7. The maximum Gasteiger partial charge on any atom is 0.272 e. The second kappa shape index (κ2) is 8.35. The summed E-state index contributed by atoms with van der Waals surface area (Å²) in [5.41, 5.74) is 2.27. The van der Waals surface area contributed by atoms with Crippen molar-refractivity contribution in [2.75, 3.05) is 13.1 Å². The van der Waals surface area contributed by atoms with Crippen molar-refractivity contribution in [2.45, 2.75) is 32.4 Å². The van der Waals surface area contributed by atoms with Crippen LogP contribution in [0.1, 0.15) is 40.9 Å². The van der Waals surface area contributed by atoms with E-state index in [4.69, 9.17) is 0 Å². The second-order valence-electron chi connectivity index (χ2n) is 7.28. The van der Waals surface area contributed by atoms with Gasteiger partial charge >= 0.3 is 0 Å². The van der Waals surface area contributed by atoms with E-state index in [9.17, 15) is 9.59 Å². The fraction of sp³-hybridized carbons (Fsp3) is 0.318. The van der Waals surface area contributed by atoms with Crippen molar-refractivity contribution in [3.05, 3.63) is 75.7 Å². The summed E-state index contributed by atoms with van der Waals surface area (Å²) in [7, 11) is 0. The van der Waals surface area contributed by atoms with Crippen LogP contribution in [0.15, 0.2) is 53.3 Å². The van der Waals surface area contributed by atoms with Gasteiger partial charge in [-0.25, -0.2) is 5.10 Å². The van der Waals surface area contributed by atoms with Crippen LogP contribution in [0.25, 0.3) is 10.8 Å². The molecule has 0 bridgehead atoms. The largest absolute Gasteiger partial charge is 0.347 e. The summed E-state index contributed by atoms with van der Waals surface area (Å²) in [4.78, 5) is 26.9. The number of aromatic nitrogens is 2. The summed E-state index contributed by atoms with van der Waals surface area (Å²) < 4.78 is 0. The molecular weight excluding hydrogens is 352 g/mol. The normalized spacial score (nSPS) is 14.9. The van der Waals surface area contributed by atoms with Crippen LogP contribution < -0.4 is 10.9 Å². The van der Waals surface area contributed by atoms with E-state index in [0.29, 0.717) is 17.3 Å². The molecular formula is C22H24N4O2. The molecule has 1 aromatic heterocycles. The number of hydrogen-bond donors (Lipinski definition) is 2. The average Bonchev–Trinajstić information content (AvgIpc) is 2.74. The molecule has 0 aliphatic carbocycles. The van der Waals surface area contributed by atoms with Crippen LogP contribution in [0.5, 0.6) is 0 Å². The molecule has 0 spiro atoms. The average molecular weight is 376 g/mol. The number of amides is 1. The predicted octanol–water partition coefficient (Wildman–Crippen LogP) is 2.84. The Kier molecular flexibility index (Phi) is 5.48. The second-order valence-corrected chi connectivity index (χ2v) is 7.28. The third-order valence-corrected chi connectivity index (χ3v) is 5.24. The van der Waals surface area contributed by atoms with Crippen LogP contribution in [0.4, 0.5) is 0 Å². The van der Waals surface area contributed by atoms with Gasteiger partial charge in [-0.15, -0.1) is 0 Å². The highest BCUT2D eigenvalue weighted by Gasteiger charge is 2.14. The summed E-state index contributed by atoms with van der Waals surface area (Å²) in [6, 6.07) is 15.4. The van der Waals surface area contributed by atoms with Gasteiger partial charge in [0.15, 0.2) is 5.69 Å². The standard InChI is InChI=1S/C22H24N4O2/c27-21-19-7-3-2-6-18(19)20(24-25-21)22(28)23-14-16-8-10-17(11-9-16)15-26-12-4-1-5-13-26/h2-3,6-11H,1,4-5,12-15H2,(H,23,28)(H,25,27). The third-order valence-electron chi connectivity index (χ3n) is 5.24. The van der Waals surface area contributed by atoms with E-state index in [0.717, 1.165) is 12.1 Å². The maximum atomic E-state index is 12.6. The molecule has 0 atom stereocenters. The molecule has 28 heavy (non-hydrogen) atoms. The lowest BCUT2D eigenvalue weighted by Gasteiger charge is -2.26. The zero-order valence-corrected chi connectivity index (χ0v) is 15.8. The van der Waals surface area contributed by atoms with Gasteiger partial charge in [0, 0.05) is 18.5 Å². The van der Waals surface area contributed by atoms with Crippen LogP contribution in [-0.4, -0.2) is 34.1 Å². The van der Waals surface area contributed by atoms with Crippen molar-refractivity contribution in [3.63, 3.8) is 0 Å². The van der Waals surface area contributed by atoms with Crippen LogP contribution in [-0.2, 0) is 13.1 Å². The van der Waals surface area contributed by atoms with Gasteiger partial charge in [0.25, 0.3) is 11.5 Å². The zero-order chi connectivity index (χ0) is 19.3. The van der Waals surface area contributed by atoms with E-state index in [1.807, 2.05) is 0 Å². The molecule has 0 radical (unpaired) electrons. The Bertz CT molecular complexity index is 1020. The highest BCUT2D eigenvalue weighted by Crippen LogP contribution is 2.15. The molecule has 3 aromatic rings. The van der Waals surface area contributed by atoms with Crippen molar-refractivity contribution in [3.8, 4) is 0 Å². The number of H-pyrrole nitrogens is 1. The zero-order valence-electron chi connectivity index (χ0n) is 15.8. The number of aromatic amines is 1. The molecule has 1 amide bonds. The molecule has 4 rings (SSSR count). The first kappa shape index (κ1) is 18.4. The first-order valence-electron chi connectivity index (χ1n) is 9.76. The Labute approximate surface area is 163 Å². The van der Waals surface area contributed by atoms with Crippen LogP contribution in [0, 0.1) is 0 Å². The Hall–Kier alpha value is -2.99. The Morgan fingerprint density at radius 3 is 2.39 bits per heavy atom. The fourth-order valence-electron chi connectivity index (χ4n) is 3.69. The van der Waals surface area contributed by atoms with Crippen molar-refractivity contribution in [2.24, 2.45) is 0 Å². The van der Waals surface area contributed by atoms with E-state index >= 15 is 0 Å². The molecule has 6 heteroatoms. The van der Waals surface area contributed by atoms with Gasteiger partial charge in [0.2, 0.25) is 0 Å². The SMILES string of the molecule is O=C(NCc1ccc(CN2CCCCC2)cc1)c1n[nH]c(=O)c2ccccc12. The van der Waals surface area contributed by atoms with Gasteiger partial charge < -0.3 is 5.32 Å². The van der Waals surface area contributed by atoms with E-state index in [1.54, 1.807) is 24.3 Å². The number of fused-ring (bicyclic) bond motifs is 1. The molecule has 0 unspecified atom stereocenters. The highest BCUT2D eigenvalue weighted by atomic mass is 16.2. The molecule has 6 nitrogen and oxygen atoms in total. The molecule has 1 fully saturated rings. The number of piperidine rings is 1. The summed E-state index contributed by atoms with van der Waals surface area (Å²) in [5, 5.41) is 10.3. The quantitative estimate of drug-likeness (QED) is 0.718. The molecule has 1 saturated heterocycles. The topological polar surface area (TPSA) is 78.1 Å². The lowest BCUT2D eigenvalue weighted by atomic mass is 10.1. The van der Waals surface area contributed by atoms with Crippen LogP contribution >= 0.6 is 0 Å². The Balaban J connectivity index is 1.40. The molecule has 2 N–H and O–H groups in total. The van der Waals surface area contributed by atoms with Gasteiger partial charge in [0.05, 0.1) is 5.39 Å². The molecule has 2 heterocycles. The Morgan fingerprint density at radius 2 is 1.64 bits per heavy atom. The number of benzene rings is 2. The smallest absolute Gasteiger partial charge is 0.272 e. The fourth-order valence-corrected chi connectivity index (χ4v) is 3.69. The van der Waals surface area contributed by atoms with Gasteiger partial charge in [-0.05, 0) is 43.1 Å². The molecule has 2 aromatic carbocycles. The number of carbonyl (C=O) groups is 1. The minimum absolute atomic E-state index is 0.233. The van der Waals surface area contributed by atoms with Crippen LogP contribution in [0.2, 0.25) is 0 Å². The summed E-state index contributed by atoms with van der Waals surface area (Å²) >= 11 is 0. The minimum Gasteiger partial charge on any atom is -0.347 e. The third kappa shape index (κ3) is 4.12. The van der Waals surface area contributed by atoms with Gasteiger partial charge in [-0.3, -0.25) is 14.5 Å². The predicted molar refractivity (Wildman–Crippen MR) is 109 cm³/mol.